The number of amides is 1. The van der Waals surface area contributed by atoms with Gasteiger partial charge in [0.1, 0.15) is 12.2 Å². The molecule has 1 amide bonds. The van der Waals surface area contributed by atoms with Gasteiger partial charge in [0.05, 0.1) is 18.5 Å². The van der Waals surface area contributed by atoms with Crippen molar-refractivity contribution in [3.63, 3.8) is 0 Å². The minimum Gasteiger partial charge on any atom is -0.475 e. The van der Waals surface area contributed by atoms with Gasteiger partial charge in [0, 0.05) is 18.8 Å². The summed E-state index contributed by atoms with van der Waals surface area (Å²) in [5, 5.41) is 2.93. The zero-order valence-electron chi connectivity index (χ0n) is 17.1. The van der Waals surface area contributed by atoms with Gasteiger partial charge in [0.2, 0.25) is 5.88 Å². The zero-order chi connectivity index (χ0) is 19.6. The molecule has 1 rings (SSSR count). The molecule has 0 saturated carbocycles. The minimum atomic E-state index is -0.856. The molecule has 148 valence electrons. The molecule has 0 aliphatic heterocycles. The first-order valence-electron chi connectivity index (χ1n) is 9.45. The molecule has 1 aromatic rings. The third-order valence-electron chi connectivity index (χ3n) is 3.86. The van der Waals surface area contributed by atoms with E-state index in [1.807, 2.05) is 33.8 Å². The molecule has 0 aromatic carbocycles. The Morgan fingerprint density at radius 1 is 1.27 bits per heavy atom. The first-order chi connectivity index (χ1) is 12.3. The van der Waals surface area contributed by atoms with Crippen LogP contribution in [0.1, 0.15) is 53.0 Å². The molecule has 0 aliphatic rings. The van der Waals surface area contributed by atoms with Crippen LogP contribution in [0.15, 0.2) is 12.3 Å². The van der Waals surface area contributed by atoms with E-state index < -0.39 is 5.60 Å². The maximum Gasteiger partial charge on any atom is 0.256 e. The fourth-order valence-electron chi connectivity index (χ4n) is 2.71. The number of aryl methyl sites for hydroxylation is 1. The lowest BCUT2D eigenvalue weighted by molar-refractivity contribution is -0.141. The lowest BCUT2D eigenvalue weighted by atomic mass is 9.93. The summed E-state index contributed by atoms with van der Waals surface area (Å²) >= 11 is 0. The number of rotatable bonds is 12. The van der Waals surface area contributed by atoms with Gasteiger partial charge in [-0.1, -0.05) is 20.8 Å². The van der Waals surface area contributed by atoms with Crippen LogP contribution in [0.4, 0.5) is 5.69 Å². The quantitative estimate of drug-likeness (QED) is 0.567. The van der Waals surface area contributed by atoms with Crippen molar-refractivity contribution in [2.45, 2.75) is 60.0 Å². The number of carbonyl (C=O) groups is 1. The first kappa shape index (κ1) is 22.4. The van der Waals surface area contributed by atoms with E-state index in [1.165, 1.54) is 0 Å². The molecule has 6 heteroatoms. The molecule has 0 spiro atoms. The number of hydrogen-bond donors (Lipinski definition) is 1. The second-order valence-electron chi connectivity index (χ2n) is 7.02. The van der Waals surface area contributed by atoms with Gasteiger partial charge in [-0.2, -0.15) is 0 Å². The third-order valence-corrected chi connectivity index (χ3v) is 3.86. The number of pyridine rings is 1. The van der Waals surface area contributed by atoms with Crippen LogP contribution in [0.5, 0.6) is 5.88 Å². The van der Waals surface area contributed by atoms with Crippen LogP contribution in [0.2, 0.25) is 0 Å². The predicted octanol–water partition coefficient (Wildman–Crippen LogP) is 3.98. The highest BCUT2D eigenvalue weighted by molar-refractivity contribution is 5.97. The lowest BCUT2D eigenvalue weighted by Crippen LogP contribution is -2.44. The summed E-state index contributed by atoms with van der Waals surface area (Å²) in [6.45, 7) is 14.1. The molecule has 1 aromatic heterocycles. The van der Waals surface area contributed by atoms with E-state index in [1.54, 1.807) is 6.20 Å². The highest BCUT2D eigenvalue weighted by Crippen LogP contribution is 2.25. The Labute approximate surface area is 157 Å². The zero-order valence-corrected chi connectivity index (χ0v) is 17.1. The summed E-state index contributed by atoms with van der Waals surface area (Å²) in [5.74, 6) is 0.754. The molecule has 1 unspecified atom stereocenters. The second-order valence-corrected chi connectivity index (χ2v) is 7.02. The van der Waals surface area contributed by atoms with Gasteiger partial charge in [-0.05, 0) is 45.6 Å². The molecule has 6 nitrogen and oxygen atoms in total. The van der Waals surface area contributed by atoms with Crippen molar-refractivity contribution in [3.8, 4) is 5.88 Å². The first-order valence-corrected chi connectivity index (χ1v) is 9.45. The Hall–Kier alpha value is -1.66. The Bertz CT molecular complexity index is 563. The van der Waals surface area contributed by atoms with E-state index in [0.29, 0.717) is 50.3 Å². The van der Waals surface area contributed by atoms with E-state index in [0.717, 1.165) is 12.0 Å². The fraction of sp³-hybridized carbons (Fsp3) is 0.700. The average molecular weight is 367 g/mol. The topological polar surface area (TPSA) is 69.7 Å². The fourth-order valence-corrected chi connectivity index (χ4v) is 2.71. The van der Waals surface area contributed by atoms with Crippen molar-refractivity contribution >= 4 is 11.6 Å². The SMILES string of the molecule is CCCOC(C)(CC(C)C)C(=O)Nc1cnc(OCCOCC)c(C)c1. The van der Waals surface area contributed by atoms with Crippen molar-refractivity contribution in [1.82, 2.24) is 4.98 Å². The molecule has 0 aliphatic carbocycles. The molecule has 1 heterocycles. The van der Waals surface area contributed by atoms with Crippen molar-refractivity contribution in [1.29, 1.82) is 0 Å². The van der Waals surface area contributed by atoms with Gasteiger partial charge in [-0.3, -0.25) is 4.79 Å². The van der Waals surface area contributed by atoms with Gasteiger partial charge in [0.15, 0.2) is 0 Å². The smallest absolute Gasteiger partial charge is 0.256 e. The van der Waals surface area contributed by atoms with Crippen LogP contribution < -0.4 is 10.1 Å². The molecule has 1 atom stereocenters. The normalized spacial score (nSPS) is 13.5. The molecule has 0 saturated heterocycles. The van der Waals surface area contributed by atoms with Crippen LogP contribution in [0.25, 0.3) is 0 Å². The minimum absolute atomic E-state index is 0.147. The van der Waals surface area contributed by atoms with Crippen LogP contribution in [-0.4, -0.2) is 42.9 Å². The monoisotopic (exact) mass is 366 g/mol. The van der Waals surface area contributed by atoms with E-state index >= 15 is 0 Å². The van der Waals surface area contributed by atoms with Crippen molar-refractivity contribution in [2.24, 2.45) is 5.92 Å². The second kappa shape index (κ2) is 11.1. The van der Waals surface area contributed by atoms with Crippen LogP contribution in [0.3, 0.4) is 0 Å². The lowest BCUT2D eigenvalue weighted by Gasteiger charge is -2.30. The summed E-state index contributed by atoms with van der Waals surface area (Å²) in [7, 11) is 0. The summed E-state index contributed by atoms with van der Waals surface area (Å²) in [6, 6.07) is 1.86. The van der Waals surface area contributed by atoms with Gasteiger partial charge in [-0.15, -0.1) is 0 Å². The molecule has 0 bridgehead atoms. The maximum atomic E-state index is 12.8. The molecule has 1 N–H and O–H groups in total. The van der Waals surface area contributed by atoms with Crippen LogP contribution >= 0.6 is 0 Å². The third kappa shape index (κ3) is 7.30. The molecular formula is C20H34N2O4. The number of nitrogens with one attached hydrogen (secondary N) is 1. The standard InChI is InChI=1S/C20H34N2O4/c1-7-9-26-20(6,13-15(3)4)19(23)22-17-12-16(5)18(21-14-17)25-11-10-24-8-2/h12,14-15H,7-11,13H2,1-6H3,(H,22,23). The number of hydrogen-bond acceptors (Lipinski definition) is 5. The number of carbonyl (C=O) groups excluding carboxylic acids is 1. The average Bonchev–Trinajstić information content (AvgIpc) is 2.58. The summed E-state index contributed by atoms with van der Waals surface area (Å²) in [4.78, 5) is 17.1. The van der Waals surface area contributed by atoms with Gasteiger partial charge in [0.25, 0.3) is 5.91 Å². The Balaban J connectivity index is 2.75. The van der Waals surface area contributed by atoms with Gasteiger partial charge in [-0.25, -0.2) is 4.98 Å². The summed E-state index contributed by atoms with van der Waals surface area (Å²) in [6.07, 6.45) is 3.13. The largest absolute Gasteiger partial charge is 0.475 e. The van der Waals surface area contributed by atoms with Crippen molar-refractivity contribution < 1.29 is 19.0 Å². The van der Waals surface area contributed by atoms with E-state index in [9.17, 15) is 4.79 Å². The Kier molecular flexibility index (Phi) is 9.59. The summed E-state index contributed by atoms with van der Waals surface area (Å²) < 4.78 is 16.7. The number of anilines is 1. The molecular weight excluding hydrogens is 332 g/mol. The predicted molar refractivity (Wildman–Crippen MR) is 104 cm³/mol. The highest BCUT2D eigenvalue weighted by Gasteiger charge is 2.35. The highest BCUT2D eigenvalue weighted by atomic mass is 16.5. The number of nitrogens with zero attached hydrogens (tertiary/aromatic N) is 1. The van der Waals surface area contributed by atoms with E-state index in [-0.39, 0.29) is 5.91 Å². The Morgan fingerprint density at radius 3 is 2.58 bits per heavy atom. The molecule has 0 fully saturated rings. The van der Waals surface area contributed by atoms with Crippen molar-refractivity contribution in [2.75, 3.05) is 31.7 Å². The Morgan fingerprint density at radius 2 is 2.00 bits per heavy atom. The maximum absolute atomic E-state index is 12.8. The van der Waals surface area contributed by atoms with Crippen LogP contribution in [-0.2, 0) is 14.3 Å². The molecule has 0 radical (unpaired) electrons. The number of ether oxygens (including phenoxy) is 3. The van der Waals surface area contributed by atoms with Gasteiger partial charge < -0.3 is 19.5 Å². The van der Waals surface area contributed by atoms with Gasteiger partial charge >= 0.3 is 0 Å². The van der Waals surface area contributed by atoms with E-state index in [4.69, 9.17) is 14.2 Å². The number of aromatic nitrogens is 1. The van der Waals surface area contributed by atoms with Crippen molar-refractivity contribution in [3.05, 3.63) is 17.8 Å². The summed E-state index contributed by atoms with van der Waals surface area (Å²) in [5.41, 5.74) is 0.643. The van der Waals surface area contributed by atoms with Crippen LogP contribution in [0, 0.1) is 12.8 Å². The van der Waals surface area contributed by atoms with E-state index in [2.05, 4.69) is 24.1 Å². The molecule has 26 heavy (non-hydrogen) atoms.